The highest BCUT2D eigenvalue weighted by atomic mass is 16.4. The summed E-state index contributed by atoms with van der Waals surface area (Å²) in [4.78, 5) is 22.6. The zero-order valence-corrected chi connectivity index (χ0v) is 9.25. The van der Waals surface area contributed by atoms with Crippen LogP contribution in [0, 0.1) is 0 Å². The topological polar surface area (TPSA) is 85.3 Å². The van der Waals surface area contributed by atoms with Crippen molar-refractivity contribution in [1.82, 2.24) is 4.57 Å². The second-order valence-electron chi connectivity index (χ2n) is 3.85. The monoisotopic (exact) mass is 232 g/mol. The smallest absolute Gasteiger partial charge is 0.328 e. The SMILES string of the molecule is Cn1cc(C(=O)C(N)C(=O)O)c2ccccc21. The van der Waals surface area contributed by atoms with Gasteiger partial charge in [0, 0.05) is 29.7 Å². The summed E-state index contributed by atoms with van der Waals surface area (Å²) in [5.41, 5.74) is 6.55. The van der Waals surface area contributed by atoms with Crippen LogP contribution in [0.4, 0.5) is 0 Å². The minimum absolute atomic E-state index is 0.345. The van der Waals surface area contributed by atoms with Crippen LogP contribution >= 0.6 is 0 Å². The van der Waals surface area contributed by atoms with E-state index in [-0.39, 0.29) is 0 Å². The molecule has 2 rings (SSSR count). The van der Waals surface area contributed by atoms with Crippen molar-refractivity contribution in [3.05, 3.63) is 36.0 Å². The molecule has 5 nitrogen and oxygen atoms in total. The number of nitrogens with two attached hydrogens (primary N) is 1. The molecule has 88 valence electrons. The number of rotatable bonds is 3. The standard InChI is InChI=1S/C12H12N2O3/c1-14-6-8(11(15)10(13)12(16)17)7-4-2-3-5-9(7)14/h2-6,10H,13H2,1H3,(H,16,17). The van der Waals surface area contributed by atoms with Gasteiger partial charge in [0.15, 0.2) is 11.8 Å². The van der Waals surface area contributed by atoms with Crippen LogP contribution in [0.3, 0.4) is 0 Å². The molecule has 1 aromatic carbocycles. The van der Waals surface area contributed by atoms with Crippen molar-refractivity contribution in [2.24, 2.45) is 12.8 Å². The number of aromatic nitrogens is 1. The molecule has 0 aliphatic heterocycles. The van der Waals surface area contributed by atoms with Gasteiger partial charge in [0.25, 0.3) is 0 Å². The Morgan fingerprint density at radius 2 is 2.00 bits per heavy atom. The van der Waals surface area contributed by atoms with Gasteiger partial charge in [-0.15, -0.1) is 0 Å². The third kappa shape index (κ3) is 1.81. The Labute approximate surface area is 97.4 Å². The molecule has 0 radical (unpaired) electrons. The van der Waals surface area contributed by atoms with Crippen molar-refractivity contribution in [3.8, 4) is 0 Å². The first kappa shape index (κ1) is 11.3. The first-order valence-corrected chi connectivity index (χ1v) is 5.09. The van der Waals surface area contributed by atoms with Crippen molar-refractivity contribution in [3.63, 3.8) is 0 Å². The van der Waals surface area contributed by atoms with E-state index in [1.807, 2.05) is 12.1 Å². The maximum absolute atomic E-state index is 11.9. The fraction of sp³-hybridized carbons (Fsp3) is 0.167. The predicted molar refractivity (Wildman–Crippen MR) is 62.9 cm³/mol. The van der Waals surface area contributed by atoms with Gasteiger partial charge in [0.05, 0.1) is 0 Å². The van der Waals surface area contributed by atoms with Gasteiger partial charge >= 0.3 is 5.97 Å². The lowest BCUT2D eigenvalue weighted by atomic mass is 10.0. The molecular formula is C12H12N2O3. The second kappa shape index (κ2) is 4.03. The number of aliphatic carboxylic acids is 1. The van der Waals surface area contributed by atoms with Gasteiger partial charge in [-0.1, -0.05) is 18.2 Å². The average Bonchev–Trinajstić information content (AvgIpc) is 2.65. The zero-order chi connectivity index (χ0) is 12.6. The Morgan fingerprint density at radius 1 is 1.35 bits per heavy atom. The molecule has 1 unspecified atom stereocenters. The average molecular weight is 232 g/mol. The largest absolute Gasteiger partial charge is 0.480 e. The third-order valence-corrected chi connectivity index (χ3v) is 2.71. The Hall–Kier alpha value is -2.14. The predicted octanol–water partition coefficient (Wildman–Crippen LogP) is 0.773. The highest BCUT2D eigenvalue weighted by Crippen LogP contribution is 2.21. The molecule has 0 fully saturated rings. The summed E-state index contributed by atoms with van der Waals surface area (Å²) < 4.78 is 1.77. The van der Waals surface area contributed by atoms with Gasteiger partial charge in [-0.05, 0) is 6.07 Å². The van der Waals surface area contributed by atoms with E-state index in [1.54, 1.807) is 29.9 Å². The van der Waals surface area contributed by atoms with Gasteiger partial charge in [-0.3, -0.25) is 9.59 Å². The summed E-state index contributed by atoms with van der Waals surface area (Å²) in [5, 5.41) is 9.46. The van der Waals surface area contributed by atoms with Crippen molar-refractivity contribution in [2.45, 2.75) is 6.04 Å². The Kier molecular flexibility index (Phi) is 2.69. The first-order chi connectivity index (χ1) is 8.02. The van der Waals surface area contributed by atoms with Crippen LogP contribution < -0.4 is 5.73 Å². The normalized spacial score (nSPS) is 12.6. The zero-order valence-electron chi connectivity index (χ0n) is 9.25. The molecule has 0 aliphatic rings. The molecule has 0 amide bonds. The summed E-state index contributed by atoms with van der Waals surface area (Å²) in [6, 6.07) is 5.77. The molecule has 5 heteroatoms. The van der Waals surface area contributed by atoms with E-state index in [2.05, 4.69) is 0 Å². The summed E-state index contributed by atoms with van der Waals surface area (Å²) >= 11 is 0. The number of hydrogen-bond donors (Lipinski definition) is 2. The van der Waals surface area contributed by atoms with Crippen LogP contribution in [0.25, 0.3) is 10.9 Å². The van der Waals surface area contributed by atoms with Crippen LogP contribution in [0.2, 0.25) is 0 Å². The van der Waals surface area contributed by atoms with Gasteiger partial charge < -0.3 is 15.4 Å². The van der Waals surface area contributed by atoms with E-state index < -0.39 is 17.8 Å². The first-order valence-electron chi connectivity index (χ1n) is 5.09. The van der Waals surface area contributed by atoms with Gasteiger partial charge in [-0.2, -0.15) is 0 Å². The third-order valence-electron chi connectivity index (χ3n) is 2.71. The number of hydrogen-bond acceptors (Lipinski definition) is 3. The van der Waals surface area contributed by atoms with Gasteiger partial charge in [-0.25, -0.2) is 0 Å². The molecule has 17 heavy (non-hydrogen) atoms. The lowest BCUT2D eigenvalue weighted by Crippen LogP contribution is -2.38. The molecule has 0 saturated heterocycles. The lowest BCUT2D eigenvalue weighted by Gasteiger charge is -2.03. The number of ketones is 1. The minimum Gasteiger partial charge on any atom is -0.480 e. The van der Waals surface area contributed by atoms with Crippen molar-refractivity contribution in [2.75, 3.05) is 0 Å². The number of fused-ring (bicyclic) bond motifs is 1. The molecule has 3 N–H and O–H groups in total. The van der Waals surface area contributed by atoms with Crippen LogP contribution in [-0.4, -0.2) is 27.5 Å². The van der Waals surface area contributed by atoms with E-state index in [0.717, 1.165) is 10.9 Å². The molecule has 1 aromatic heterocycles. The molecular weight excluding hydrogens is 220 g/mol. The van der Waals surface area contributed by atoms with Crippen LogP contribution in [0.1, 0.15) is 10.4 Å². The second-order valence-corrected chi connectivity index (χ2v) is 3.85. The molecule has 0 aliphatic carbocycles. The van der Waals surface area contributed by atoms with E-state index >= 15 is 0 Å². The van der Waals surface area contributed by atoms with Gasteiger partial charge in [0.1, 0.15) is 0 Å². The quantitative estimate of drug-likeness (QED) is 0.604. The van der Waals surface area contributed by atoms with Crippen LogP contribution in [0.5, 0.6) is 0 Å². The summed E-state index contributed by atoms with van der Waals surface area (Å²) in [6.07, 6.45) is 1.61. The summed E-state index contributed by atoms with van der Waals surface area (Å²) in [5.74, 6) is -1.89. The van der Waals surface area contributed by atoms with Gasteiger partial charge in [0.2, 0.25) is 0 Å². The minimum atomic E-state index is -1.51. The number of carboxylic acid groups (broad SMARTS) is 1. The molecule has 2 aromatic rings. The lowest BCUT2D eigenvalue weighted by molar-refractivity contribution is -0.137. The molecule has 0 saturated carbocycles. The van der Waals surface area contributed by atoms with Crippen molar-refractivity contribution >= 4 is 22.7 Å². The number of carbonyl (C=O) groups excluding carboxylic acids is 1. The maximum Gasteiger partial charge on any atom is 0.328 e. The number of para-hydroxylation sites is 1. The number of benzene rings is 1. The Balaban J connectivity index is 2.57. The summed E-state index contributed by atoms with van der Waals surface area (Å²) in [6.45, 7) is 0. The number of aryl methyl sites for hydroxylation is 1. The van der Waals surface area contributed by atoms with Crippen molar-refractivity contribution in [1.29, 1.82) is 0 Å². The highest BCUT2D eigenvalue weighted by molar-refractivity contribution is 6.17. The highest BCUT2D eigenvalue weighted by Gasteiger charge is 2.25. The number of carboxylic acids is 1. The fourth-order valence-electron chi connectivity index (χ4n) is 1.82. The molecule has 1 atom stereocenters. The summed E-state index contributed by atoms with van der Waals surface area (Å²) in [7, 11) is 1.80. The van der Waals surface area contributed by atoms with Crippen molar-refractivity contribution < 1.29 is 14.7 Å². The van der Waals surface area contributed by atoms with E-state index in [4.69, 9.17) is 10.8 Å². The van der Waals surface area contributed by atoms with E-state index in [9.17, 15) is 9.59 Å². The molecule has 0 spiro atoms. The Morgan fingerprint density at radius 3 is 2.65 bits per heavy atom. The number of nitrogens with zero attached hydrogens (tertiary/aromatic N) is 1. The van der Waals surface area contributed by atoms with Crippen LogP contribution in [0.15, 0.2) is 30.5 Å². The van der Waals surface area contributed by atoms with E-state index in [0.29, 0.717) is 5.56 Å². The van der Waals surface area contributed by atoms with Crippen LogP contribution in [-0.2, 0) is 11.8 Å². The fourth-order valence-corrected chi connectivity index (χ4v) is 1.82. The number of carbonyl (C=O) groups is 2. The Bertz CT molecular complexity index is 601. The van der Waals surface area contributed by atoms with E-state index in [1.165, 1.54) is 0 Å². The maximum atomic E-state index is 11.9. The molecule has 0 bridgehead atoms. The number of Topliss-reactive ketones (excluding diaryl/α,β-unsaturated/α-hetero) is 1. The molecule has 1 heterocycles.